The summed E-state index contributed by atoms with van der Waals surface area (Å²) < 4.78 is 0. The highest BCUT2D eigenvalue weighted by molar-refractivity contribution is 5.22. The molecule has 0 saturated heterocycles. The third-order valence-corrected chi connectivity index (χ3v) is 4.48. The second-order valence-electron chi connectivity index (χ2n) is 6.16. The predicted molar refractivity (Wildman–Crippen MR) is 78.9 cm³/mol. The van der Waals surface area contributed by atoms with Crippen LogP contribution in [-0.4, -0.2) is 12.6 Å². The van der Waals surface area contributed by atoms with Crippen molar-refractivity contribution in [2.24, 2.45) is 5.41 Å². The Morgan fingerprint density at radius 2 is 2.11 bits per heavy atom. The summed E-state index contributed by atoms with van der Waals surface area (Å²) in [6, 6.07) is 9.52. The number of hydrogen-bond acceptors (Lipinski definition) is 1. The molecule has 1 atom stereocenters. The van der Waals surface area contributed by atoms with E-state index in [0.717, 1.165) is 0 Å². The van der Waals surface area contributed by atoms with Gasteiger partial charge in [0.15, 0.2) is 0 Å². The second-order valence-corrected chi connectivity index (χ2v) is 6.16. The van der Waals surface area contributed by atoms with E-state index in [0.29, 0.717) is 11.5 Å². The first kappa shape index (κ1) is 13.6. The maximum Gasteiger partial charge on any atom is 0.00421 e. The lowest BCUT2D eigenvalue weighted by Gasteiger charge is -2.19. The SMILES string of the molecule is CCC1(CNC(C)CCc2cccc(C)c2)CC1. The van der Waals surface area contributed by atoms with Gasteiger partial charge in [-0.05, 0) is 56.9 Å². The highest BCUT2D eigenvalue weighted by Crippen LogP contribution is 2.47. The van der Waals surface area contributed by atoms with E-state index in [9.17, 15) is 0 Å². The second kappa shape index (κ2) is 5.88. The smallest absolute Gasteiger partial charge is 0.00421 e. The van der Waals surface area contributed by atoms with E-state index in [4.69, 9.17) is 0 Å². The van der Waals surface area contributed by atoms with Crippen molar-refractivity contribution in [3.63, 3.8) is 0 Å². The molecule has 1 aromatic rings. The first-order valence-corrected chi connectivity index (χ1v) is 7.42. The molecule has 18 heavy (non-hydrogen) atoms. The van der Waals surface area contributed by atoms with Crippen LogP contribution >= 0.6 is 0 Å². The van der Waals surface area contributed by atoms with Crippen LogP contribution in [0.3, 0.4) is 0 Å². The van der Waals surface area contributed by atoms with Crippen LogP contribution in [-0.2, 0) is 6.42 Å². The van der Waals surface area contributed by atoms with Gasteiger partial charge in [0.1, 0.15) is 0 Å². The lowest BCUT2D eigenvalue weighted by atomic mass is 10.0. The van der Waals surface area contributed by atoms with E-state index >= 15 is 0 Å². The van der Waals surface area contributed by atoms with Gasteiger partial charge in [0.05, 0.1) is 0 Å². The third kappa shape index (κ3) is 3.84. The van der Waals surface area contributed by atoms with Gasteiger partial charge < -0.3 is 5.32 Å². The standard InChI is InChI=1S/C17H27N/c1-4-17(10-11-17)13-18-15(3)8-9-16-7-5-6-14(2)12-16/h5-7,12,15,18H,4,8-11,13H2,1-3H3. The predicted octanol–water partition coefficient (Wildman–Crippen LogP) is 4.10. The Morgan fingerprint density at radius 1 is 1.33 bits per heavy atom. The molecule has 100 valence electrons. The zero-order chi connectivity index (χ0) is 13.0. The van der Waals surface area contributed by atoms with Crippen molar-refractivity contribution in [3.8, 4) is 0 Å². The molecule has 0 aromatic heterocycles. The molecule has 1 aliphatic rings. The average molecular weight is 245 g/mol. The minimum atomic E-state index is 0.634. The summed E-state index contributed by atoms with van der Waals surface area (Å²) >= 11 is 0. The Hall–Kier alpha value is -0.820. The van der Waals surface area contributed by atoms with Crippen molar-refractivity contribution in [1.29, 1.82) is 0 Å². The number of nitrogens with one attached hydrogen (secondary N) is 1. The van der Waals surface area contributed by atoms with Gasteiger partial charge >= 0.3 is 0 Å². The van der Waals surface area contributed by atoms with Crippen molar-refractivity contribution in [2.75, 3.05) is 6.54 Å². The summed E-state index contributed by atoms with van der Waals surface area (Å²) in [6.45, 7) is 8.04. The van der Waals surface area contributed by atoms with Crippen LogP contribution in [0.15, 0.2) is 24.3 Å². The fourth-order valence-electron chi connectivity index (χ4n) is 2.58. The summed E-state index contributed by atoms with van der Waals surface area (Å²) in [5, 5.41) is 3.72. The van der Waals surface area contributed by atoms with Gasteiger partial charge in [-0.15, -0.1) is 0 Å². The minimum absolute atomic E-state index is 0.634. The largest absolute Gasteiger partial charge is 0.314 e. The van der Waals surface area contributed by atoms with E-state index in [1.54, 1.807) is 0 Å². The van der Waals surface area contributed by atoms with Gasteiger partial charge in [-0.25, -0.2) is 0 Å². The quantitative estimate of drug-likeness (QED) is 0.762. The summed E-state index contributed by atoms with van der Waals surface area (Å²) in [4.78, 5) is 0. The Kier molecular flexibility index (Phi) is 4.45. The zero-order valence-corrected chi connectivity index (χ0v) is 12.1. The molecule has 0 aliphatic heterocycles. The molecule has 0 amide bonds. The fourth-order valence-corrected chi connectivity index (χ4v) is 2.58. The van der Waals surface area contributed by atoms with E-state index < -0.39 is 0 Å². The molecular weight excluding hydrogens is 218 g/mol. The fraction of sp³-hybridized carbons (Fsp3) is 0.647. The van der Waals surface area contributed by atoms with Gasteiger partial charge in [0.25, 0.3) is 0 Å². The first-order valence-electron chi connectivity index (χ1n) is 7.42. The van der Waals surface area contributed by atoms with Crippen molar-refractivity contribution >= 4 is 0 Å². The molecule has 0 bridgehead atoms. The van der Waals surface area contributed by atoms with E-state index in [-0.39, 0.29) is 0 Å². The summed E-state index contributed by atoms with van der Waals surface area (Å²) in [7, 11) is 0. The number of aryl methyl sites for hydroxylation is 2. The maximum absolute atomic E-state index is 3.72. The molecule has 0 heterocycles. The Morgan fingerprint density at radius 3 is 2.72 bits per heavy atom. The van der Waals surface area contributed by atoms with E-state index in [1.807, 2.05) is 0 Å². The molecule has 2 rings (SSSR count). The maximum atomic E-state index is 3.72. The Labute approximate surface area is 112 Å². The topological polar surface area (TPSA) is 12.0 Å². The molecular formula is C17H27N. The van der Waals surface area contributed by atoms with Crippen LogP contribution in [0.1, 0.15) is 50.7 Å². The Bertz CT molecular complexity index is 379. The molecule has 1 aromatic carbocycles. The van der Waals surface area contributed by atoms with Crippen molar-refractivity contribution < 1.29 is 0 Å². The minimum Gasteiger partial charge on any atom is -0.314 e. The van der Waals surface area contributed by atoms with Crippen molar-refractivity contribution in [2.45, 2.75) is 58.9 Å². The normalized spacial score (nSPS) is 18.6. The Balaban J connectivity index is 1.70. The number of benzene rings is 1. The third-order valence-electron chi connectivity index (χ3n) is 4.48. The van der Waals surface area contributed by atoms with Crippen LogP contribution in [0, 0.1) is 12.3 Å². The van der Waals surface area contributed by atoms with E-state index in [2.05, 4.69) is 50.4 Å². The van der Waals surface area contributed by atoms with Gasteiger partial charge in [0.2, 0.25) is 0 Å². The summed E-state index contributed by atoms with van der Waals surface area (Å²) in [5.74, 6) is 0. The van der Waals surface area contributed by atoms with Gasteiger partial charge in [-0.3, -0.25) is 0 Å². The lowest BCUT2D eigenvalue weighted by Crippen LogP contribution is -2.32. The van der Waals surface area contributed by atoms with Gasteiger partial charge in [-0.2, -0.15) is 0 Å². The monoisotopic (exact) mass is 245 g/mol. The summed E-state index contributed by atoms with van der Waals surface area (Å²) in [6.07, 6.45) is 6.63. The highest BCUT2D eigenvalue weighted by Gasteiger charge is 2.40. The molecule has 0 radical (unpaired) electrons. The molecule has 1 nitrogen and oxygen atoms in total. The molecule has 1 aliphatic carbocycles. The number of hydrogen-bond donors (Lipinski definition) is 1. The first-order chi connectivity index (χ1) is 8.63. The molecule has 1 N–H and O–H groups in total. The van der Waals surface area contributed by atoms with Crippen molar-refractivity contribution in [3.05, 3.63) is 35.4 Å². The van der Waals surface area contributed by atoms with E-state index in [1.165, 1.54) is 49.8 Å². The molecule has 1 fully saturated rings. The van der Waals surface area contributed by atoms with Crippen LogP contribution in [0.5, 0.6) is 0 Å². The van der Waals surface area contributed by atoms with Crippen LogP contribution in [0.4, 0.5) is 0 Å². The van der Waals surface area contributed by atoms with Gasteiger partial charge in [-0.1, -0.05) is 36.8 Å². The lowest BCUT2D eigenvalue weighted by molar-refractivity contribution is 0.400. The molecule has 0 spiro atoms. The van der Waals surface area contributed by atoms with Gasteiger partial charge in [0, 0.05) is 12.6 Å². The highest BCUT2D eigenvalue weighted by atomic mass is 14.9. The summed E-state index contributed by atoms with van der Waals surface area (Å²) in [5.41, 5.74) is 3.51. The van der Waals surface area contributed by atoms with Crippen LogP contribution in [0.2, 0.25) is 0 Å². The van der Waals surface area contributed by atoms with Crippen LogP contribution < -0.4 is 5.32 Å². The van der Waals surface area contributed by atoms with Crippen LogP contribution in [0.25, 0.3) is 0 Å². The number of rotatable bonds is 7. The van der Waals surface area contributed by atoms with Crippen molar-refractivity contribution in [1.82, 2.24) is 5.32 Å². The molecule has 1 saturated carbocycles. The molecule has 1 unspecified atom stereocenters. The zero-order valence-electron chi connectivity index (χ0n) is 12.1. The average Bonchev–Trinajstić information content (AvgIpc) is 3.15. The molecule has 1 heteroatoms.